The van der Waals surface area contributed by atoms with Crippen LogP contribution < -0.4 is 16.4 Å². The zero-order valence-corrected chi connectivity index (χ0v) is 18.2. The monoisotopic (exact) mass is 453 g/mol. The molecule has 0 bridgehead atoms. The van der Waals surface area contributed by atoms with Crippen LogP contribution in [0, 0.1) is 11.7 Å². The molecular weight excluding hydrogens is 425 g/mol. The number of amides is 3. The zero-order chi connectivity index (χ0) is 24.3. The lowest BCUT2D eigenvalue weighted by molar-refractivity contribution is -0.157. The van der Waals surface area contributed by atoms with Crippen molar-refractivity contribution in [1.82, 2.24) is 10.6 Å². The van der Waals surface area contributed by atoms with Crippen LogP contribution in [0.3, 0.4) is 0 Å². The summed E-state index contributed by atoms with van der Waals surface area (Å²) in [6.45, 7) is 4.24. The molecule has 1 rings (SSSR count). The van der Waals surface area contributed by atoms with Gasteiger partial charge in [0.05, 0.1) is 25.6 Å². The van der Waals surface area contributed by atoms with Crippen molar-refractivity contribution in [2.24, 2.45) is 11.7 Å². The van der Waals surface area contributed by atoms with Crippen LogP contribution >= 0.6 is 0 Å². The summed E-state index contributed by atoms with van der Waals surface area (Å²) in [5.41, 5.74) is 5.53. The van der Waals surface area contributed by atoms with Gasteiger partial charge in [0.2, 0.25) is 17.7 Å². The molecule has 176 valence electrons. The average molecular weight is 453 g/mol. The number of hydrogen-bond donors (Lipinski definition) is 3. The van der Waals surface area contributed by atoms with Gasteiger partial charge in [-0.05, 0) is 25.5 Å². The highest BCUT2D eigenvalue weighted by Gasteiger charge is 2.38. The molecule has 0 aliphatic carbocycles. The highest BCUT2D eigenvalue weighted by molar-refractivity contribution is 5.95. The summed E-state index contributed by atoms with van der Waals surface area (Å²) in [5.74, 6) is -6.36. The Bertz CT molecular complexity index is 846. The second kappa shape index (κ2) is 13.0. The molecule has 0 aliphatic rings. The van der Waals surface area contributed by atoms with Crippen molar-refractivity contribution in [3.05, 3.63) is 35.6 Å². The number of nitrogens with one attached hydrogen (secondary N) is 2. The van der Waals surface area contributed by atoms with Crippen LogP contribution in [0.25, 0.3) is 0 Å². The summed E-state index contributed by atoms with van der Waals surface area (Å²) < 4.78 is 23.8. The number of halogens is 1. The van der Waals surface area contributed by atoms with Gasteiger partial charge in [-0.3, -0.25) is 24.0 Å². The molecule has 0 saturated carbocycles. The van der Waals surface area contributed by atoms with Gasteiger partial charge in [0.25, 0.3) is 0 Å². The molecule has 3 amide bonds. The summed E-state index contributed by atoms with van der Waals surface area (Å²) in [5, 5.41) is 4.67. The summed E-state index contributed by atoms with van der Waals surface area (Å²) >= 11 is 0. The van der Waals surface area contributed by atoms with Gasteiger partial charge in [-0.15, -0.1) is 0 Å². The van der Waals surface area contributed by atoms with Crippen molar-refractivity contribution in [3.8, 4) is 0 Å². The topological polar surface area (TPSA) is 154 Å². The maximum Gasteiger partial charge on any atom is 0.312 e. The number of esters is 2. The predicted molar refractivity (Wildman–Crippen MR) is 110 cm³/mol. The molecule has 3 atom stereocenters. The van der Waals surface area contributed by atoms with Gasteiger partial charge in [0.1, 0.15) is 17.9 Å². The molecule has 0 fully saturated rings. The Labute approximate surface area is 185 Å². The molecule has 1 aromatic carbocycles. The maximum atomic E-state index is 14.0. The Balaban J connectivity index is 3.16. The lowest BCUT2D eigenvalue weighted by atomic mass is 9.94. The SMILES string of the molecule is CCOC(=O)C[C@H](C(=O)OCC)[C@H](NC(=O)[C@@H](Cc1ccccc1F)NC(C)=O)C(N)=O. The second-order valence-corrected chi connectivity index (χ2v) is 6.80. The van der Waals surface area contributed by atoms with Gasteiger partial charge >= 0.3 is 11.9 Å². The molecule has 0 unspecified atom stereocenters. The molecule has 0 aliphatic heterocycles. The van der Waals surface area contributed by atoms with Gasteiger partial charge in [-0.2, -0.15) is 0 Å². The highest BCUT2D eigenvalue weighted by Crippen LogP contribution is 2.15. The fourth-order valence-electron chi connectivity index (χ4n) is 2.95. The second-order valence-electron chi connectivity index (χ2n) is 6.80. The van der Waals surface area contributed by atoms with Crippen molar-refractivity contribution in [2.75, 3.05) is 13.2 Å². The number of carbonyl (C=O) groups excluding carboxylic acids is 5. The van der Waals surface area contributed by atoms with Crippen LogP contribution in [-0.2, 0) is 39.9 Å². The van der Waals surface area contributed by atoms with Crippen LogP contribution in [0.15, 0.2) is 24.3 Å². The van der Waals surface area contributed by atoms with E-state index < -0.39 is 59.9 Å². The summed E-state index contributed by atoms with van der Waals surface area (Å²) in [7, 11) is 0. The molecule has 11 heteroatoms. The van der Waals surface area contributed by atoms with Gasteiger partial charge in [0.15, 0.2) is 0 Å². The van der Waals surface area contributed by atoms with Crippen LogP contribution in [-0.4, -0.2) is 55.0 Å². The van der Waals surface area contributed by atoms with Gasteiger partial charge < -0.3 is 25.8 Å². The lowest BCUT2D eigenvalue weighted by Crippen LogP contribution is -2.57. The Morgan fingerprint density at radius 3 is 2.19 bits per heavy atom. The first kappa shape index (κ1) is 26.5. The number of hydrogen-bond acceptors (Lipinski definition) is 7. The van der Waals surface area contributed by atoms with E-state index in [-0.39, 0.29) is 25.2 Å². The van der Waals surface area contributed by atoms with Gasteiger partial charge in [-0.25, -0.2) is 4.39 Å². The van der Waals surface area contributed by atoms with Crippen molar-refractivity contribution in [1.29, 1.82) is 0 Å². The smallest absolute Gasteiger partial charge is 0.312 e. The van der Waals surface area contributed by atoms with E-state index in [1.165, 1.54) is 25.1 Å². The average Bonchev–Trinajstić information content (AvgIpc) is 2.71. The molecule has 0 heterocycles. The molecule has 10 nitrogen and oxygen atoms in total. The fraction of sp³-hybridized carbons (Fsp3) is 0.476. The molecule has 0 radical (unpaired) electrons. The molecule has 32 heavy (non-hydrogen) atoms. The minimum Gasteiger partial charge on any atom is -0.466 e. The van der Waals surface area contributed by atoms with Crippen LogP contribution in [0.1, 0.15) is 32.8 Å². The summed E-state index contributed by atoms with van der Waals surface area (Å²) in [6.07, 6.45) is -0.801. The van der Waals surface area contributed by atoms with E-state index >= 15 is 0 Å². The maximum absolute atomic E-state index is 14.0. The van der Waals surface area contributed by atoms with Crippen molar-refractivity contribution in [2.45, 2.75) is 45.7 Å². The van der Waals surface area contributed by atoms with E-state index in [9.17, 15) is 28.4 Å². The number of benzene rings is 1. The molecule has 0 saturated heterocycles. The van der Waals surface area contributed by atoms with E-state index in [0.29, 0.717) is 0 Å². The van der Waals surface area contributed by atoms with Crippen molar-refractivity contribution >= 4 is 29.7 Å². The fourth-order valence-corrected chi connectivity index (χ4v) is 2.95. The normalized spacial score (nSPS) is 13.2. The molecule has 0 spiro atoms. The minimum absolute atomic E-state index is 0.0369. The largest absolute Gasteiger partial charge is 0.466 e. The third-order valence-corrected chi connectivity index (χ3v) is 4.36. The van der Waals surface area contributed by atoms with Crippen LogP contribution in [0.2, 0.25) is 0 Å². The van der Waals surface area contributed by atoms with E-state index in [1.54, 1.807) is 13.0 Å². The molecular formula is C21H28FN3O7. The molecule has 0 aromatic heterocycles. The minimum atomic E-state index is -1.64. The lowest BCUT2D eigenvalue weighted by Gasteiger charge is -2.26. The first-order chi connectivity index (χ1) is 15.1. The Morgan fingerprint density at radius 2 is 1.66 bits per heavy atom. The standard InChI is InChI=1S/C21H28FN3O7/c1-4-31-17(27)11-14(21(30)32-5-2)18(19(23)28)25-20(29)16(24-12(3)26)10-13-8-6-7-9-15(13)22/h6-9,14,16,18H,4-5,10-11H2,1-3H3,(H2,23,28)(H,24,26)(H,25,29)/t14-,16+,18-/m0/s1. The Morgan fingerprint density at radius 1 is 1.03 bits per heavy atom. The Kier molecular flexibility index (Phi) is 10.8. The number of nitrogens with two attached hydrogens (primary N) is 1. The number of ether oxygens (including phenoxy) is 2. The third-order valence-electron chi connectivity index (χ3n) is 4.36. The zero-order valence-electron chi connectivity index (χ0n) is 18.2. The van der Waals surface area contributed by atoms with E-state index in [1.807, 2.05) is 0 Å². The van der Waals surface area contributed by atoms with E-state index in [0.717, 1.165) is 6.92 Å². The van der Waals surface area contributed by atoms with Gasteiger partial charge in [0, 0.05) is 13.3 Å². The molecule has 4 N–H and O–H groups in total. The summed E-state index contributed by atoms with van der Waals surface area (Å²) in [6, 6.07) is 2.74. The van der Waals surface area contributed by atoms with Crippen molar-refractivity contribution < 1.29 is 37.8 Å². The van der Waals surface area contributed by atoms with E-state index in [2.05, 4.69) is 10.6 Å². The number of rotatable bonds is 12. The van der Waals surface area contributed by atoms with E-state index in [4.69, 9.17) is 15.2 Å². The Hall–Kier alpha value is -3.50. The van der Waals surface area contributed by atoms with Gasteiger partial charge in [-0.1, -0.05) is 18.2 Å². The van der Waals surface area contributed by atoms with Crippen molar-refractivity contribution in [3.63, 3.8) is 0 Å². The first-order valence-corrected chi connectivity index (χ1v) is 10.0. The van der Waals surface area contributed by atoms with Crippen LogP contribution in [0.4, 0.5) is 4.39 Å². The predicted octanol–water partition coefficient (Wildman–Crippen LogP) is -0.0245. The highest BCUT2D eigenvalue weighted by atomic mass is 19.1. The third kappa shape index (κ3) is 8.32. The number of carbonyl (C=O) groups is 5. The first-order valence-electron chi connectivity index (χ1n) is 10.0. The molecule has 1 aromatic rings. The quantitative estimate of drug-likeness (QED) is 0.376. The summed E-state index contributed by atoms with van der Waals surface area (Å²) in [4.78, 5) is 60.9. The number of primary amides is 1. The van der Waals surface area contributed by atoms with Crippen LogP contribution in [0.5, 0.6) is 0 Å².